The van der Waals surface area contributed by atoms with Gasteiger partial charge in [0.1, 0.15) is 11.6 Å². The average molecular weight is 190 g/mol. The van der Waals surface area contributed by atoms with Crippen molar-refractivity contribution < 1.29 is 13.9 Å². The van der Waals surface area contributed by atoms with Crippen LogP contribution in [0.5, 0.6) is 0 Å². The van der Waals surface area contributed by atoms with E-state index in [1.165, 1.54) is 13.4 Å². The summed E-state index contributed by atoms with van der Waals surface area (Å²) in [5.74, 6) is -0.209. The summed E-state index contributed by atoms with van der Waals surface area (Å²) in [5.41, 5.74) is 0.139. The third kappa shape index (κ3) is 1.76. The van der Waals surface area contributed by atoms with Crippen molar-refractivity contribution in [1.82, 2.24) is 4.98 Å². The summed E-state index contributed by atoms with van der Waals surface area (Å²) in [6.07, 6.45) is 1.22. The van der Waals surface area contributed by atoms with Crippen molar-refractivity contribution in [2.24, 2.45) is 0 Å². The first kappa shape index (κ1) is 9.06. The zero-order valence-electron chi connectivity index (χ0n) is 6.70. The van der Waals surface area contributed by atoms with Gasteiger partial charge in [-0.1, -0.05) is 0 Å². The minimum atomic E-state index is -0.526. The fraction of sp³-hybridized carbons (Fsp3) is 0.429. The van der Waals surface area contributed by atoms with Gasteiger partial charge in [0.25, 0.3) is 0 Å². The molecule has 1 atom stereocenters. The van der Waals surface area contributed by atoms with Crippen LogP contribution in [0.2, 0.25) is 0 Å². The van der Waals surface area contributed by atoms with Gasteiger partial charge < -0.3 is 9.15 Å². The molecule has 0 aliphatic rings. The molecule has 1 heterocycles. The fourth-order valence-electron chi connectivity index (χ4n) is 0.669. The Labute approximate surface area is 74.5 Å². The first-order valence-electron chi connectivity index (χ1n) is 3.33. The van der Waals surface area contributed by atoms with E-state index in [9.17, 15) is 4.79 Å². The van der Waals surface area contributed by atoms with Crippen LogP contribution in [0, 0.1) is 0 Å². The van der Waals surface area contributed by atoms with E-state index in [0.29, 0.717) is 5.89 Å². The monoisotopic (exact) mass is 189 g/mol. The summed E-state index contributed by atoms with van der Waals surface area (Å²) < 4.78 is 9.33. The number of carbonyl (C=O) groups is 1. The Balaban J connectivity index is 2.84. The lowest BCUT2D eigenvalue weighted by atomic mass is 10.4. The first-order chi connectivity index (χ1) is 5.65. The lowest BCUT2D eigenvalue weighted by molar-refractivity contribution is 0.0594. The van der Waals surface area contributed by atoms with Crippen LogP contribution in [-0.4, -0.2) is 18.1 Å². The second-order valence-electron chi connectivity index (χ2n) is 2.18. The molecule has 0 amide bonds. The number of nitrogens with zero attached hydrogens (tertiary/aromatic N) is 1. The maximum Gasteiger partial charge on any atom is 0.360 e. The molecule has 0 saturated carbocycles. The van der Waals surface area contributed by atoms with Crippen molar-refractivity contribution in [1.29, 1.82) is 0 Å². The zero-order chi connectivity index (χ0) is 9.14. The maximum absolute atomic E-state index is 10.9. The molecule has 1 aromatic heterocycles. The Hall–Kier alpha value is -1.03. The van der Waals surface area contributed by atoms with Gasteiger partial charge in [-0.2, -0.15) is 0 Å². The molecule has 0 fully saturated rings. The number of hydrogen-bond acceptors (Lipinski definition) is 4. The number of aromatic nitrogens is 1. The van der Waals surface area contributed by atoms with Crippen LogP contribution in [0.15, 0.2) is 10.7 Å². The average Bonchev–Trinajstić information content (AvgIpc) is 2.51. The van der Waals surface area contributed by atoms with Crippen LogP contribution in [0.25, 0.3) is 0 Å². The van der Waals surface area contributed by atoms with Crippen molar-refractivity contribution in [3.63, 3.8) is 0 Å². The number of hydrogen-bond donors (Lipinski definition) is 0. The van der Waals surface area contributed by atoms with Gasteiger partial charge in [0.15, 0.2) is 5.69 Å². The second kappa shape index (κ2) is 3.58. The Kier molecular flexibility index (Phi) is 2.70. The molecule has 0 bridgehead atoms. The Morgan fingerprint density at radius 3 is 2.92 bits per heavy atom. The zero-order valence-corrected chi connectivity index (χ0v) is 7.46. The molecule has 1 rings (SSSR count). The Morgan fingerprint density at radius 2 is 2.50 bits per heavy atom. The van der Waals surface area contributed by atoms with E-state index in [1.807, 2.05) is 0 Å². The summed E-state index contributed by atoms with van der Waals surface area (Å²) in [7, 11) is 1.28. The number of alkyl halides is 1. The SMILES string of the molecule is COC(=O)c1coc(C(C)Cl)n1. The second-order valence-corrected chi connectivity index (χ2v) is 2.83. The third-order valence-corrected chi connectivity index (χ3v) is 1.44. The van der Waals surface area contributed by atoms with Crippen LogP contribution >= 0.6 is 11.6 Å². The number of esters is 1. The number of halogens is 1. The van der Waals surface area contributed by atoms with Gasteiger partial charge in [0.2, 0.25) is 5.89 Å². The van der Waals surface area contributed by atoms with Gasteiger partial charge in [0, 0.05) is 0 Å². The van der Waals surface area contributed by atoms with Gasteiger partial charge in [-0.15, -0.1) is 11.6 Å². The van der Waals surface area contributed by atoms with Gasteiger partial charge in [-0.3, -0.25) is 0 Å². The fourth-order valence-corrected chi connectivity index (χ4v) is 0.769. The Morgan fingerprint density at radius 1 is 1.83 bits per heavy atom. The summed E-state index contributed by atoms with van der Waals surface area (Å²) in [5, 5.41) is -0.344. The highest BCUT2D eigenvalue weighted by Crippen LogP contribution is 2.18. The van der Waals surface area contributed by atoms with E-state index in [2.05, 4.69) is 9.72 Å². The van der Waals surface area contributed by atoms with E-state index < -0.39 is 5.97 Å². The first-order valence-corrected chi connectivity index (χ1v) is 3.76. The van der Waals surface area contributed by atoms with Crippen molar-refractivity contribution in [3.8, 4) is 0 Å². The minimum absolute atomic E-state index is 0.139. The largest absolute Gasteiger partial charge is 0.464 e. The lowest BCUT2D eigenvalue weighted by Crippen LogP contribution is -2.01. The molecule has 0 aromatic carbocycles. The van der Waals surface area contributed by atoms with Crippen molar-refractivity contribution in [3.05, 3.63) is 17.8 Å². The number of oxazole rings is 1. The summed E-state index contributed by atoms with van der Waals surface area (Å²) in [4.78, 5) is 14.7. The number of methoxy groups -OCH3 is 1. The topological polar surface area (TPSA) is 52.3 Å². The highest BCUT2D eigenvalue weighted by molar-refractivity contribution is 6.20. The third-order valence-electron chi connectivity index (χ3n) is 1.26. The lowest BCUT2D eigenvalue weighted by Gasteiger charge is -1.92. The normalized spacial score (nSPS) is 12.6. The van der Waals surface area contributed by atoms with E-state index in [1.54, 1.807) is 6.92 Å². The number of ether oxygens (including phenoxy) is 1. The summed E-state index contributed by atoms with van der Waals surface area (Å²) in [6.45, 7) is 1.70. The molecule has 12 heavy (non-hydrogen) atoms. The highest BCUT2D eigenvalue weighted by atomic mass is 35.5. The van der Waals surface area contributed by atoms with Gasteiger partial charge in [0.05, 0.1) is 7.11 Å². The van der Waals surface area contributed by atoms with Gasteiger partial charge in [-0.05, 0) is 6.92 Å². The van der Waals surface area contributed by atoms with Crippen LogP contribution in [-0.2, 0) is 4.74 Å². The molecule has 4 nitrogen and oxygen atoms in total. The minimum Gasteiger partial charge on any atom is -0.464 e. The molecule has 1 unspecified atom stereocenters. The summed E-state index contributed by atoms with van der Waals surface area (Å²) >= 11 is 5.66. The predicted molar refractivity (Wildman–Crippen MR) is 42.1 cm³/mol. The smallest absolute Gasteiger partial charge is 0.360 e. The van der Waals surface area contributed by atoms with E-state index >= 15 is 0 Å². The van der Waals surface area contributed by atoms with Crippen molar-refractivity contribution >= 4 is 17.6 Å². The van der Waals surface area contributed by atoms with Crippen molar-refractivity contribution in [2.45, 2.75) is 12.3 Å². The molecule has 0 spiro atoms. The van der Waals surface area contributed by atoms with E-state index in [0.717, 1.165) is 0 Å². The van der Waals surface area contributed by atoms with Crippen molar-refractivity contribution in [2.75, 3.05) is 7.11 Å². The molecular weight excluding hydrogens is 182 g/mol. The van der Waals surface area contributed by atoms with Gasteiger partial charge >= 0.3 is 5.97 Å². The molecule has 5 heteroatoms. The molecule has 0 radical (unpaired) electrons. The molecule has 0 saturated heterocycles. The molecule has 1 aromatic rings. The maximum atomic E-state index is 10.9. The molecule has 0 aliphatic heterocycles. The van der Waals surface area contributed by atoms with Crippen LogP contribution in [0.3, 0.4) is 0 Å². The Bertz CT molecular complexity index is 282. The summed E-state index contributed by atoms with van der Waals surface area (Å²) in [6, 6.07) is 0. The molecule has 66 valence electrons. The number of rotatable bonds is 2. The van der Waals surface area contributed by atoms with Crippen LogP contribution < -0.4 is 0 Å². The molecular formula is C7H8ClNO3. The molecule has 0 aliphatic carbocycles. The number of carbonyl (C=O) groups excluding carboxylic acids is 1. The quantitative estimate of drug-likeness (QED) is 0.526. The van der Waals surface area contributed by atoms with Crippen LogP contribution in [0.4, 0.5) is 0 Å². The van der Waals surface area contributed by atoms with E-state index in [4.69, 9.17) is 16.0 Å². The predicted octanol–water partition coefficient (Wildman–Crippen LogP) is 1.76. The van der Waals surface area contributed by atoms with Gasteiger partial charge in [-0.25, -0.2) is 9.78 Å². The highest BCUT2D eigenvalue weighted by Gasteiger charge is 2.14. The standard InChI is InChI=1S/C7H8ClNO3/c1-4(8)6-9-5(3-12-6)7(10)11-2/h3-4H,1-2H3. The van der Waals surface area contributed by atoms with E-state index in [-0.39, 0.29) is 11.1 Å². The molecule has 0 N–H and O–H groups in total. The van der Waals surface area contributed by atoms with Crippen LogP contribution in [0.1, 0.15) is 28.7 Å².